The number of carboxylic acid groups (broad SMARTS) is 1. The summed E-state index contributed by atoms with van der Waals surface area (Å²) in [5, 5.41) is 22.5. The van der Waals surface area contributed by atoms with E-state index < -0.39 is 16.9 Å². The van der Waals surface area contributed by atoms with Crippen LogP contribution in [0.4, 0.5) is 5.69 Å². The van der Waals surface area contributed by atoms with Gasteiger partial charge >= 0.3 is 5.97 Å². The molecule has 1 rings (SSSR count). The zero-order chi connectivity index (χ0) is 14.3. The lowest BCUT2D eigenvalue weighted by molar-refractivity contribution is -0.384. The van der Waals surface area contributed by atoms with Gasteiger partial charge in [-0.1, -0.05) is 12.1 Å². The molecule has 0 aliphatic heterocycles. The zero-order valence-electron chi connectivity index (χ0n) is 10.5. The Morgan fingerprint density at radius 1 is 1.47 bits per heavy atom. The highest BCUT2D eigenvalue weighted by Gasteiger charge is 2.16. The Bertz CT molecular complexity index is 436. The Labute approximate surface area is 115 Å². The molecule has 0 aromatic heterocycles. The predicted octanol–water partition coefficient (Wildman–Crippen LogP) is 1.89. The second-order valence-corrected chi connectivity index (χ2v) is 4.96. The van der Waals surface area contributed by atoms with Crippen molar-refractivity contribution in [2.75, 3.05) is 12.0 Å². The van der Waals surface area contributed by atoms with E-state index in [0.29, 0.717) is 13.0 Å². The topological polar surface area (TPSA) is 92.5 Å². The van der Waals surface area contributed by atoms with Gasteiger partial charge in [0.25, 0.3) is 5.69 Å². The lowest BCUT2D eigenvalue weighted by Gasteiger charge is -2.13. The van der Waals surface area contributed by atoms with Gasteiger partial charge in [-0.15, -0.1) is 0 Å². The number of aliphatic carboxylic acids is 1. The summed E-state index contributed by atoms with van der Waals surface area (Å²) in [6.07, 6.45) is 2.47. The van der Waals surface area contributed by atoms with Crippen molar-refractivity contribution in [3.8, 4) is 0 Å². The number of nitro benzene ring substituents is 1. The second-order valence-electron chi connectivity index (χ2n) is 3.98. The summed E-state index contributed by atoms with van der Waals surface area (Å²) in [6, 6.07) is 5.48. The number of nitrogens with one attached hydrogen (secondary N) is 1. The number of non-ortho nitro benzene ring substituents is 1. The second kappa shape index (κ2) is 7.75. The van der Waals surface area contributed by atoms with Crippen LogP contribution in [0.1, 0.15) is 12.0 Å². The van der Waals surface area contributed by atoms with E-state index in [1.807, 2.05) is 6.26 Å². The Morgan fingerprint density at radius 3 is 2.58 bits per heavy atom. The molecule has 19 heavy (non-hydrogen) atoms. The largest absolute Gasteiger partial charge is 0.480 e. The molecule has 0 saturated heterocycles. The molecule has 6 nitrogen and oxygen atoms in total. The minimum atomic E-state index is -0.879. The van der Waals surface area contributed by atoms with E-state index >= 15 is 0 Å². The summed E-state index contributed by atoms with van der Waals surface area (Å²) >= 11 is 1.60. The molecule has 1 aromatic rings. The third kappa shape index (κ3) is 5.27. The average molecular weight is 284 g/mol. The van der Waals surface area contributed by atoms with Gasteiger partial charge in [0.05, 0.1) is 4.92 Å². The molecule has 0 aliphatic rings. The molecule has 0 fully saturated rings. The van der Waals surface area contributed by atoms with Crippen molar-refractivity contribution in [2.45, 2.75) is 19.0 Å². The summed E-state index contributed by atoms with van der Waals surface area (Å²) in [5.74, 6) is -0.111. The first-order valence-corrected chi connectivity index (χ1v) is 7.12. The summed E-state index contributed by atoms with van der Waals surface area (Å²) in [4.78, 5) is 21.0. The number of thioether (sulfide) groups is 1. The molecule has 0 radical (unpaired) electrons. The average Bonchev–Trinajstić information content (AvgIpc) is 2.39. The smallest absolute Gasteiger partial charge is 0.320 e. The fourth-order valence-corrected chi connectivity index (χ4v) is 2.00. The Hall–Kier alpha value is -1.60. The van der Waals surface area contributed by atoms with Crippen molar-refractivity contribution in [1.82, 2.24) is 5.32 Å². The number of nitro groups is 1. The van der Waals surface area contributed by atoms with E-state index in [1.165, 1.54) is 12.1 Å². The van der Waals surface area contributed by atoms with E-state index in [-0.39, 0.29) is 5.69 Å². The summed E-state index contributed by atoms with van der Waals surface area (Å²) < 4.78 is 0. The number of nitrogens with zero attached hydrogens (tertiary/aromatic N) is 1. The maximum Gasteiger partial charge on any atom is 0.320 e. The first kappa shape index (κ1) is 15.5. The molecular weight excluding hydrogens is 268 g/mol. The van der Waals surface area contributed by atoms with Crippen LogP contribution in [0.3, 0.4) is 0 Å². The molecule has 2 N–H and O–H groups in total. The quantitative estimate of drug-likeness (QED) is 0.559. The highest BCUT2D eigenvalue weighted by Crippen LogP contribution is 2.12. The molecule has 0 heterocycles. The van der Waals surface area contributed by atoms with Gasteiger partial charge in [0.15, 0.2) is 0 Å². The number of hydrogen-bond donors (Lipinski definition) is 2. The molecular formula is C12H16N2O4S. The van der Waals surface area contributed by atoms with Crippen LogP contribution in [0.5, 0.6) is 0 Å². The summed E-state index contributed by atoms with van der Waals surface area (Å²) in [5.41, 5.74) is 0.849. The fourth-order valence-electron chi connectivity index (χ4n) is 1.53. The molecule has 104 valence electrons. The Balaban J connectivity index is 2.54. The number of carbonyl (C=O) groups is 1. The normalized spacial score (nSPS) is 12.1. The number of rotatable bonds is 8. The van der Waals surface area contributed by atoms with Gasteiger partial charge in [-0.3, -0.25) is 14.9 Å². The van der Waals surface area contributed by atoms with Crippen LogP contribution >= 0.6 is 11.8 Å². The Morgan fingerprint density at radius 2 is 2.11 bits per heavy atom. The van der Waals surface area contributed by atoms with Crippen LogP contribution in [0.2, 0.25) is 0 Å². The first-order chi connectivity index (χ1) is 9.04. The fraction of sp³-hybridized carbons (Fsp3) is 0.417. The summed E-state index contributed by atoms with van der Waals surface area (Å²) in [6.45, 7) is 0.378. The van der Waals surface area contributed by atoms with Crippen LogP contribution in [-0.2, 0) is 11.3 Å². The standard InChI is InChI=1S/C12H16N2O4S/c1-19-7-6-11(12(15)16)13-8-9-2-4-10(5-3-9)14(17)18/h2-5,11,13H,6-8H2,1H3,(H,15,16)/t11-/m0/s1. The van der Waals surface area contributed by atoms with Gasteiger partial charge < -0.3 is 10.4 Å². The van der Waals surface area contributed by atoms with E-state index in [4.69, 9.17) is 5.11 Å². The zero-order valence-corrected chi connectivity index (χ0v) is 11.4. The number of hydrogen-bond acceptors (Lipinski definition) is 5. The molecule has 0 saturated carbocycles. The maximum atomic E-state index is 11.0. The van der Waals surface area contributed by atoms with Crippen molar-refractivity contribution >= 4 is 23.4 Å². The van der Waals surface area contributed by atoms with Gasteiger partial charge in [-0.25, -0.2) is 0 Å². The van der Waals surface area contributed by atoms with Gasteiger partial charge in [0.1, 0.15) is 6.04 Å². The lowest BCUT2D eigenvalue weighted by Crippen LogP contribution is -2.36. The molecule has 0 spiro atoms. The van der Waals surface area contributed by atoms with Gasteiger partial charge in [-0.2, -0.15) is 11.8 Å². The third-order valence-corrected chi connectivity index (χ3v) is 3.25. The highest BCUT2D eigenvalue weighted by molar-refractivity contribution is 7.98. The predicted molar refractivity (Wildman–Crippen MR) is 74.4 cm³/mol. The van der Waals surface area contributed by atoms with Crippen molar-refractivity contribution in [1.29, 1.82) is 0 Å². The van der Waals surface area contributed by atoms with Crippen LogP contribution in [0.15, 0.2) is 24.3 Å². The minimum absolute atomic E-state index is 0.0286. The van der Waals surface area contributed by atoms with Crippen LogP contribution in [-0.4, -0.2) is 34.0 Å². The van der Waals surface area contributed by atoms with Crippen LogP contribution in [0.25, 0.3) is 0 Å². The van der Waals surface area contributed by atoms with E-state index in [1.54, 1.807) is 23.9 Å². The molecule has 0 unspecified atom stereocenters. The highest BCUT2D eigenvalue weighted by atomic mass is 32.2. The molecule has 0 amide bonds. The van der Waals surface area contributed by atoms with Gasteiger partial charge in [-0.05, 0) is 24.0 Å². The molecule has 1 aromatic carbocycles. The maximum absolute atomic E-state index is 11.0. The van der Waals surface area contributed by atoms with E-state index in [2.05, 4.69) is 5.32 Å². The van der Waals surface area contributed by atoms with Crippen molar-refractivity contribution in [3.05, 3.63) is 39.9 Å². The van der Waals surface area contributed by atoms with Crippen LogP contribution in [0, 0.1) is 10.1 Å². The SMILES string of the molecule is CSCC[C@H](NCc1ccc([N+](=O)[O-])cc1)C(=O)O. The molecule has 0 aliphatic carbocycles. The minimum Gasteiger partial charge on any atom is -0.480 e. The number of benzene rings is 1. The van der Waals surface area contributed by atoms with Crippen molar-refractivity contribution in [3.63, 3.8) is 0 Å². The van der Waals surface area contributed by atoms with Crippen LogP contribution < -0.4 is 5.32 Å². The monoisotopic (exact) mass is 284 g/mol. The molecule has 1 atom stereocenters. The molecule has 7 heteroatoms. The van der Waals surface area contributed by atoms with E-state index in [9.17, 15) is 14.9 Å². The number of carboxylic acids is 1. The first-order valence-electron chi connectivity index (χ1n) is 5.73. The molecule has 0 bridgehead atoms. The summed E-state index contributed by atoms with van der Waals surface area (Å²) in [7, 11) is 0. The lowest BCUT2D eigenvalue weighted by atomic mass is 10.1. The van der Waals surface area contributed by atoms with Crippen molar-refractivity contribution < 1.29 is 14.8 Å². The Kier molecular flexibility index (Phi) is 6.31. The van der Waals surface area contributed by atoms with E-state index in [0.717, 1.165) is 11.3 Å². The third-order valence-electron chi connectivity index (χ3n) is 2.61. The van der Waals surface area contributed by atoms with Gasteiger partial charge in [0, 0.05) is 18.7 Å². The van der Waals surface area contributed by atoms with Crippen molar-refractivity contribution in [2.24, 2.45) is 0 Å². The van der Waals surface area contributed by atoms with Gasteiger partial charge in [0.2, 0.25) is 0 Å².